The first-order valence-corrected chi connectivity index (χ1v) is 3.38. The molecule has 52 valence electrons. The van der Waals surface area contributed by atoms with E-state index in [9.17, 15) is 0 Å². The lowest BCUT2D eigenvalue weighted by molar-refractivity contribution is 0.216. The average Bonchev–Trinajstić information content (AvgIpc) is 1.90. The summed E-state index contributed by atoms with van der Waals surface area (Å²) in [4.78, 5) is 0. The molecule has 3 N–H and O–H groups in total. The van der Waals surface area contributed by atoms with Crippen LogP contribution in [-0.2, 0) is 0 Å². The van der Waals surface area contributed by atoms with Crippen molar-refractivity contribution in [1.82, 2.24) is 0 Å². The van der Waals surface area contributed by atoms with Crippen LogP contribution in [0.15, 0.2) is 11.8 Å². The fraction of sp³-hybridized carbons (Fsp3) is 0.714. The molecular formula is C7H13NO. The standard InChI is InChI=1S/C7H13NO/c8-7-3-1-6(5-9)2-4-7/h3,6,9H,1-2,4-5,8H2/t6-/m0/s1. The number of aliphatic hydroxyl groups excluding tert-OH is 1. The van der Waals surface area contributed by atoms with Crippen molar-refractivity contribution in [3.05, 3.63) is 11.8 Å². The lowest BCUT2D eigenvalue weighted by atomic mass is 9.94. The van der Waals surface area contributed by atoms with Crippen molar-refractivity contribution in [1.29, 1.82) is 0 Å². The fourth-order valence-electron chi connectivity index (χ4n) is 1.07. The van der Waals surface area contributed by atoms with E-state index in [0.29, 0.717) is 12.5 Å². The van der Waals surface area contributed by atoms with Crippen molar-refractivity contribution < 1.29 is 5.11 Å². The summed E-state index contributed by atoms with van der Waals surface area (Å²) in [5.41, 5.74) is 6.52. The second-order valence-corrected chi connectivity index (χ2v) is 2.60. The highest BCUT2D eigenvalue weighted by molar-refractivity contribution is 5.01. The molecule has 9 heavy (non-hydrogen) atoms. The Bertz CT molecular complexity index is 120. The topological polar surface area (TPSA) is 46.2 Å². The molecule has 0 aliphatic heterocycles. The van der Waals surface area contributed by atoms with Crippen LogP contribution in [-0.4, -0.2) is 11.7 Å². The largest absolute Gasteiger partial charge is 0.402 e. The van der Waals surface area contributed by atoms with Crippen LogP contribution in [0.1, 0.15) is 19.3 Å². The highest BCUT2D eigenvalue weighted by Gasteiger charge is 2.10. The molecule has 2 nitrogen and oxygen atoms in total. The third-order valence-electron chi connectivity index (χ3n) is 1.81. The molecule has 1 rings (SSSR count). The molecule has 0 bridgehead atoms. The van der Waals surface area contributed by atoms with Crippen molar-refractivity contribution in [3.8, 4) is 0 Å². The summed E-state index contributed by atoms with van der Waals surface area (Å²) in [5, 5.41) is 8.71. The van der Waals surface area contributed by atoms with Gasteiger partial charge in [0, 0.05) is 12.3 Å². The summed E-state index contributed by atoms with van der Waals surface area (Å²) < 4.78 is 0. The van der Waals surface area contributed by atoms with Crippen molar-refractivity contribution in [2.75, 3.05) is 6.61 Å². The van der Waals surface area contributed by atoms with Gasteiger partial charge in [0.05, 0.1) is 0 Å². The second-order valence-electron chi connectivity index (χ2n) is 2.60. The number of hydrogen-bond donors (Lipinski definition) is 2. The maximum absolute atomic E-state index is 8.71. The van der Waals surface area contributed by atoms with E-state index in [1.165, 1.54) is 0 Å². The normalized spacial score (nSPS) is 27.7. The Labute approximate surface area is 55.4 Å². The van der Waals surface area contributed by atoms with Crippen molar-refractivity contribution in [2.24, 2.45) is 11.7 Å². The molecule has 0 saturated heterocycles. The van der Waals surface area contributed by atoms with E-state index < -0.39 is 0 Å². The first-order chi connectivity index (χ1) is 4.33. The van der Waals surface area contributed by atoms with Crippen LogP contribution in [0, 0.1) is 5.92 Å². The zero-order chi connectivity index (χ0) is 6.69. The van der Waals surface area contributed by atoms with Crippen molar-refractivity contribution >= 4 is 0 Å². The molecule has 0 unspecified atom stereocenters. The summed E-state index contributed by atoms with van der Waals surface area (Å²) in [6.07, 6.45) is 5.00. The number of rotatable bonds is 1. The summed E-state index contributed by atoms with van der Waals surface area (Å²) >= 11 is 0. The summed E-state index contributed by atoms with van der Waals surface area (Å²) in [6, 6.07) is 0. The molecule has 0 fully saturated rings. The van der Waals surface area contributed by atoms with Gasteiger partial charge in [0.15, 0.2) is 0 Å². The Hall–Kier alpha value is -0.500. The van der Waals surface area contributed by atoms with Crippen LogP contribution in [0.3, 0.4) is 0 Å². The van der Waals surface area contributed by atoms with Gasteiger partial charge in [0.1, 0.15) is 0 Å². The molecule has 0 aromatic heterocycles. The maximum atomic E-state index is 8.71. The molecule has 2 heteroatoms. The molecule has 0 aromatic rings. The Balaban J connectivity index is 2.36. The molecule has 0 saturated carbocycles. The van der Waals surface area contributed by atoms with Crippen molar-refractivity contribution in [2.45, 2.75) is 19.3 Å². The SMILES string of the molecule is NC1=CC[C@H](CO)CC1. The highest BCUT2D eigenvalue weighted by Crippen LogP contribution is 2.19. The third kappa shape index (κ3) is 1.72. The predicted molar refractivity (Wildman–Crippen MR) is 36.7 cm³/mol. The lowest BCUT2D eigenvalue weighted by Gasteiger charge is -2.16. The maximum Gasteiger partial charge on any atom is 0.0462 e. The number of allylic oxidation sites excluding steroid dienone is 2. The van der Waals surface area contributed by atoms with E-state index in [0.717, 1.165) is 25.0 Å². The predicted octanol–water partition coefficient (Wildman–Crippen LogP) is 0.621. The van der Waals surface area contributed by atoms with E-state index in [4.69, 9.17) is 10.8 Å². The quantitative estimate of drug-likeness (QED) is 0.542. The highest BCUT2D eigenvalue weighted by atomic mass is 16.3. The lowest BCUT2D eigenvalue weighted by Crippen LogP contribution is -2.12. The zero-order valence-corrected chi connectivity index (χ0v) is 5.51. The minimum Gasteiger partial charge on any atom is -0.402 e. The molecule has 1 aliphatic carbocycles. The van der Waals surface area contributed by atoms with Gasteiger partial charge in [0.2, 0.25) is 0 Å². The third-order valence-corrected chi connectivity index (χ3v) is 1.81. The molecule has 0 spiro atoms. The number of hydrogen-bond acceptors (Lipinski definition) is 2. The van der Waals surface area contributed by atoms with Gasteiger partial charge in [0.25, 0.3) is 0 Å². The van der Waals surface area contributed by atoms with Gasteiger partial charge in [-0.05, 0) is 25.2 Å². The zero-order valence-electron chi connectivity index (χ0n) is 5.51. The van der Waals surface area contributed by atoms with E-state index in [1.54, 1.807) is 0 Å². The molecule has 0 radical (unpaired) electrons. The molecular weight excluding hydrogens is 114 g/mol. The van der Waals surface area contributed by atoms with Gasteiger partial charge < -0.3 is 10.8 Å². The van der Waals surface area contributed by atoms with E-state index in [-0.39, 0.29) is 0 Å². The van der Waals surface area contributed by atoms with Crippen LogP contribution in [0.25, 0.3) is 0 Å². The van der Waals surface area contributed by atoms with Crippen molar-refractivity contribution in [3.63, 3.8) is 0 Å². The Kier molecular flexibility index (Phi) is 2.11. The van der Waals surface area contributed by atoms with Gasteiger partial charge >= 0.3 is 0 Å². The number of nitrogens with two attached hydrogens (primary N) is 1. The molecule has 1 aliphatic rings. The minimum atomic E-state index is 0.309. The monoisotopic (exact) mass is 127 g/mol. The van der Waals surface area contributed by atoms with Crippen LogP contribution in [0.2, 0.25) is 0 Å². The van der Waals surface area contributed by atoms with E-state index >= 15 is 0 Å². The summed E-state index contributed by atoms with van der Waals surface area (Å²) in [6.45, 7) is 0.309. The van der Waals surface area contributed by atoms with Crippen LogP contribution in [0.5, 0.6) is 0 Å². The van der Waals surface area contributed by atoms with E-state index in [2.05, 4.69) is 0 Å². The van der Waals surface area contributed by atoms with E-state index in [1.807, 2.05) is 6.08 Å². The van der Waals surface area contributed by atoms with Gasteiger partial charge in [-0.15, -0.1) is 0 Å². The average molecular weight is 127 g/mol. The van der Waals surface area contributed by atoms with Crippen LogP contribution >= 0.6 is 0 Å². The summed E-state index contributed by atoms with van der Waals surface area (Å²) in [7, 11) is 0. The summed E-state index contributed by atoms with van der Waals surface area (Å²) in [5.74, 6) is 0.470. The first kappa shape index (κ1) is 6.62. The minimum absolute atomic E-state index is 0.309. The van der Waals surface area contributed by atoms with Gasteiger partial charge in [-0.3, -0.25) is 0 Å². The smallest absolute Gasteiger partial charge is 0.0462 e. The molecule has 1 atom stereocenters. The van der Waals surface area contributed by atoms with Gasteiger partial charge in [-0.2, -0.15) is 0 Å². The first-order valence-electron chi connectivity index (χ1n) is 3.38. The van der Waals surface area contributed by atoms with Crippen LogP contribution in [0.4, 0.5) is 0 Å². The Morgan fingerprint density at radius 3 is 3.00 bits per heavy atom. The number of aliphatic hydroxyl groups is 1. The molecule has 0 heterocycles. The fourth-order valence-corrected chi connectivity index (χ4v) is 1.07. The van der Waals surface area contributed by atoms with Gasteiger partial charge in [-0.25, -0.2) is 0 Å². The molecule has 0 aromatic carbocycles. The van der Waals surface area contributed by atoms with Gasteiger partial charge in [-0.1, -0.05) is 6.08 Å². The Morgan fingerprint density at radius 1 is 1.78 bits per heavy atom. The second kappa shape index (κ2) is 2.87. The van der Waals surface area contributed by atoms with Crippen LogP contribution < -0.4 is 5.73 Å². The molecule has 0 amide bonds. The Morgan fingerprint density at radius 2 is 2.56 bits per heavy atom.